The minimum absolute atomic E-state index is 0.0473. The van der Waals surface area contributed by atoms with Gasteiger partial charge in [0.05, 0.1) is 37.8 Å². The molecule has 0 radical (unpaired) electrons. The quantitative estimate of drug-likeness (QED) is 0.659. The lowest BCUT2D eigenvalue weighted by molar-refractivity contribution is -0.116. The van der Waals surface area contributed by atoms with Crippen LogP contribution in [-0.2, 0) is 9.53 Å². The van der Waals surface area contributed by atoms with Gasteiger partial charge in [-0.25, -0.2) is 0 Å². The van der Waals surface area contributed by atoms with Gasteiger partial charge < -0.3 is 24.4 Å². The second-order valence-corrected chi connectivity index (χ2v) is 7.35. The van der Waals surface area contributed by atoms with Gasteiger partial charge in [-0.3, -0.25) is 4.79 Å². The number of nitrogens with one attached hydrogen (secondary N) is 1. The smallest absolute Gasteiger partial charge is 0.225 e. The van der Waals surface area contributed by atoms with Gasteiger partial charge in [0, 0.05) is 31.6 Å². The maximum atomic E-state index is 12.8. The zero-order valence-corrected chi connectivity index (χ0v) is 18.1. The van der Waals surface area contributed by atoms with E-state index in [1.165, 1.54) is 0 Å². The lowest BCUT2D eigenvalue weighted by atomic mass is 9.97. The number of carbonyl (C=O) groups is 1. The highest BCUT2D eigenvalue weighted by Crippen LogP contribution is 2.39. The summed E-state index contributed by atoms with van der Waals surface area (Å²) in [5.41, 5.74) is 2.76. The number of amides is 1. The zero-order valence-electron chi connectivity index (χ0n) is 18.1. The molecule has 0 unspecified atom stereocenters. The van der Waals surface area contributed by atoms with Gasteiger partial charge in [0.1, 0.15) is 11.5 Å². The van der Waals surface area contributed by atoms with Crippen molar-refractivity contribution in [1.82, 2.24) is 0 Å². The van der Waals surface area contributed by atoms with Crippen molar-refractivity contribution in [3.63, 3.8) is 0 Å². The van der Waals surface area contributed by atoms with Crippen molar-refractivity contribution < 1.29 is 19.0 Å². The molecule has 1 amide bonds. The number of carbonyl (C=O) groups excluding carboxylic acids is 1. The van der Waals surface area contributed by atoms with E-state index in [0.717, 1.165) is 30.1 Å². The first-order valence-electron chi connectivity index (χ1n) is 10.7. The van der Waals surface area contributed by atoms with Gasteiger partial charge in [0.15, 0.2) is 0 Å². The first kappa shape index (κ1) is 22.0. The average molecular weight is 413 g/mol. The summed E-state index contributed by atoms with van der Waals surface area (Å²) in [5.74, 6) is 1.48. The van der Waals surface area contributed by atoms with Crippen molar-refractivity contribution in [2.75, 3.05) is 49.7 Å². The van der Waals surface area contributed by atoms with Crippen molar-refractivity contribution in [2.24, 2.45) is 0 Å². The Kier molecular flexibility index (Phi) is 7.97. The van der Waals surface area contributed by atoms with Crippen molar-refractivity contribution in [3.05, 3.63) is 48.0 Å². The standard InChI is InChI=1S/C24H32N2O4/c1-4-29-22-17-21(26-11-13-28-14-12-26)23(30-5-2)16-20(22)25-24(27)15-18(3)19-9-7-6-8-10-19/h6-10,16-18H,4-5,11-15H2,1-3H3,(H,25,27)/t18-/m0/s1. The number of nitrogens with zero attached hydrogens (tertiary/aromatic N) is 1. The third-order valence-electron chi connectivity index (χ3n) is 5.15. The third kappa shape index (κ3) is 5.66. The Morgan fingerprint density at radius 3 is 2.40 bits per heavy atom. The molecule has 0 saturated carbocycles. The van der Waals surface area contributed by atoms with Crippen molar-refractivity contribution in [3.8, 4) is 11.5 Å². The number of rotatable bonds is 9. The molecule has 1 heterocycles. The van der Waals surface area contributed by atoms with E-state index in [9.17, 15) is 4.79 Å². The maximum Gasteiger partial charge on any atom is 0.225 e. The Morgan fingerprint density at radius 1 is 1.07 bits per heavy atom. The Balaban J connectivity index is 1.81. The van der Waals surface area contributed by atoms with Crippen LogP contribution in [0.3, 0.4) is 0 Å². The van der Waals surface area contributed by atoms with E-state index in [0.29, 0.717) is 44.3 Å². The van der Waals surface area contributed by atoms with E-state index in [-0.39, 0.29) is 11.8 Å². The van der Waals surface area contributed by atoms with E-state index in [1.54, 1.807) is 0 Å². The van der Waals surface area contributed by atoms with Crippen LogP contribution in [0.25, 0.3) is 0 Å². The lowest BCUT2D eigenvalue weighted by Gasteiger charge is -2.31. The molecule has 0 spiro atoms. The van der Waals surface area contributed by atoms with Crippen LogP contribution in [0.2, 0.25) is 0 Å². The molecule has 1 saturated heterocycles. The van der Waals surface area contributed by atoms with E-state index < -0.39 is 0 Å². The number of hydrogen-bond acceptors (Lipinski definition) is 5. The molecule has 6 heteroatoms. The van der Waals surface area contributed by atoms with Crippen LogP contribution in [0.1, 0.15) is 38.7 Å². The molecule has 6 nitrogen and oxygen atoms in total. The molecule has 3 rings (SSSR count). The Hall–Kier alpha value is -2.73. The predicted molar refractivity (Wildman–Crippen MR) is 120 cm³/mol. The summed E-state index contributed by atoms with van der Waals surface area (Å²) in [6.07, 6.45) is 0.394. The zero-order chi connectivity index (χ0) is 21.3. The summed E-state index contributed by atoms with van der Waals surface area (Å²) >= 11 is 0. The van der Waals surface area contributed by atoms with Gasteiger partial charge in [-0.15, -0.1) is 0 Å². The number of hydrogen-bond donors (Lipinski definition) is 1. The molecule has 1 aliphatic rings. The van der Waals surface area contributed by atoms with E-state index in [2.05, 4.69) is 17.1 Å². The second-order valence-electron chi connectivity index (χ2n) is 7.35. The molecule has 2 aromatic carbocycles. The minimum Gasteiger partial charge on any atom is -0.492 e. The number of morpholine rings is 1. The number of benzene rings is 2. The largest absolute Gasteiger partial charge is 0.492 e. The highest BCUT2D eigenvalue weighted by atomic mass is 16.5. The summed E-state index contributed by atoms with van der Waals surface area (Å²) < 4.78 is 17.2. The van der Waals surface area contributed by atoms with Crippen LogP contribution < -0.4 is 19.7 Å². The fourth-order valence-electron chi connectivity index (χ4n) is 3.62. The van der Waals surface area contributed by atoms with Gasteiger partial charge in [-0.1, -0.05) is 37.3 Å². The first-order chi connectivity index (χ1) is 14.6. The van der Waals surface area contributed by atoms with Crippen LogP contribution in [0, 0.1) is 0 Å². The monoisotopic (exact) mass is 412 g/mol. The van der Waals surface area contributed by atoms with Gasteiger partial charge in [-0.2, -0.15) is 0 Å². The predicted octanol–water partition coefficient (Wildman–Crippen LogP) is 4.45. The molecule has 1 atom stereocenters. The molecule has 0 aliphatic carbocycles. The summed E-state index contributed by atoms with van der Waals surface area (Å²) in [6.45, 7) is 9.98. The van der Waals surface area contributed by atoms with Gasteiger partial charge >= 0.3 is 0 Å². The fourth-order valence-corrected chi connectivity index (χ4v) is 3.62. The molecule has 1 N–H and O–H groups in total. The van der Waals surface area contributed by atoms with Crippen molar-refractivity contribution in [2.45, 2.75) is 33.1 Å². The van der Waals surface area contributed by atoms with Crippen molar-refractivity contribution >= 4 is 17.3 Å². The molecule has 1 fully saturated rings. The number of ether oxygens (including phenoxy) is 3. The van der Waals surface area contributed by atoms with Crippen LogP contribution in [0.15, 0.2) is 42.5 Å². The van der Waals surface area contributed by atoms with Gasteiger partial charge in [-0.05, 0) is 25.3 Å². The van der Waals surface area contributed by atoms with Crippen LogP contribution in [0.4, 0.5) is 11.4 Å². The second kappa shape index (κ2) is 10.9. The van der Waals surface area contributed by atoms with Crippen LogP contribution in [0.5, 0.6) is 11.5 Å². The Morgan fingerprint density at radius 2 is 1.73 bits per heavy atom. The van der Waals surface area contributed by atoms with E-state index in [1.807, 2.05) is 56.3 Å². The Bertz CT molecular complexity index is 819. The molecule has 2 aromatic rings. The molecular weight excluding hydrogens is 380 g/mol. The minimum atomic E-state index is -0.0473. The lowest BCUT2D eigenvalue weighted by Crippen LogP contribution is -2.36. The summed E-state index contributed by atoms with van der Waals surface area (Å²) in [4.78, 5) is 15.0. The fraction of sp³-hybridized carbons (Fsp3) is 0.458. The molecular formula is C24H32N2O4. The molecule has 162 valence electrons. The maximum absolute atomic E-state index is 12.8. The van der Waals surface area contributed by atoms with Crippen molar-refractivity contribution in [1.29, 1.82) is 0 Å². The molecule has 1 aliphatic heterocycles. The van der Waals surface area contributed by atoms with E-state index >= 15 is 0 Å². The molecule has 0 aromatic heterocycles. The third-order valence-corrected chi connectivity index (χ3v) is 5.15. The topological polar surface area (TPSA) is 60.0 Å². The van der Waals surface area contributed by atoms with E-state index in [4.69, 9.17) is 14.2 Å². The normalized spacial score (nSPS) is 14.8. The number of anilines is 2. The average Bonchev–Trinajstić information content (AvgIpc) is 2.77. The van der Waals surface area contributed by atoms with Gasteiger partial charge in [0.2, 0.25) is 5.91 Å². The molecule has 30 heavy (non-hydrogen) atoms. The Labute approximate surface area is 179 Å². The highest BCUT2D eigenvalue weighted by molar-refractivity contribution is 5.94. The van der Waals surface area contributed by atoms with Gasteiger partial charge in [0.25, 0.3) is 0 Å². The summed E-state index contributed by atoms with van der Waals surface area (Å²) in [7, 11) is 0. The summed E-state index contributed by atoms with van der Waals surface area (Å²) in [6, 6.07) is 13.9. The highest BCUT2D eigenvalue weighted by Gasteiger charge is 2.21. The first-order valence-corrected chi connectivity index (χ1v) is 10.7. The molecule has 0 bridgehead atoms. The summed E-state index contributed by atoms with van der Waals surface area (Å²) in [5, 5.41) is 3.04. The van der Waals surface area contributed by atoms with Crippen LogP contribution in [-0.4, -0.2) is 45.4 Å². The van der Waals surface area contributed by atoms with Crippen LogP contribution >= 0.6 is 0 Å². The SMILES string of the molecule is CCOc1cc(N2CCOCC2)c(OCC)cc1NC(=O)C[C@H](C)c1ccccc1.